The highest BCUT2D eigenvalue weighted by atomic mass is 35.5. The second kappa shape index (κ2) is 9.69. The van der Waals surface area contributed by atoms with Crippen LogP contribution in [-0.4, -0.2) is 23.7 Å². The van der Waals surface area contributed by atoms with Crippen LogP contribution >= 0.6 is 23.2 Å². The number of esters is 1. The average Bonchev–Trinajstić information content (AvgIpc) is 3.04. The first-order valence-corrected chi connectivity index (χ1v) is 12.2. The van der Waals surface area contributed by atoms with E-state index in [9.17, 15) is 14.4 Å². The third kappa shape index (κ3) is 5.48. The van der Waals surface area contributed by atoms with Crippen LogP contribution in [0, 0.1) is 28.4 Å². The number of benzene rings is 2. The summed E-state index contributed by atoms with van der Waals surface area (Å²) in [5.41, 5.74) is -2.27. The van der Waals surface area contributed by atoms with Gasteiger partial charge in [0.25, 0.3) is 0 Å². The fourth-order valence-electron chi connectivity index (χ4n) is 4.86. The summed E-state index contributed by atoms with van der Waals surface area (Å²) in [5, 5.41) is 13.8. The molecular formula is C27H30Cl2F2N2O2. The van der Waals surface area contributed by atoms with E-state index in [2.05, 4.69) is 11.4 Å². The van der Waals surface area contributed by atoms with Crippen molar-refractivity contribution in [3.8, 4) is 6.07 Å². The maximum absolute atomic E-state index is 15.5. The van der Waals surface area contributed by atoms with Crippen LogP contribution in [0.4, 0.5) is 8.78 Å². The van der Waals surface area contributed by atoms with Crippen LogP contribution in [0.2, 0.25) is 10.0 Å². The van der Waals surface area contributed by atoms with Gasteiger partial charge in [-0.2, -0.15) is 5.26 Å². The van der Waals surface area contributed by atoms with Gasteiger partial charge >= 0.3 is 5.97 Å². The molecule has 1 aliphatic heterocycles. The molecule has 0 bridgehead atoms. The van der Waals surface area contributed by atoms with Crippen LogP contribution in [0.5, 0.6) is 0 Å². The first kappa shape index (κ1) is 27.4. The van der Waals surface area contributed by atoms with Crippen molar-refractivity contribution >= 4 is 29.2 Å². The number of carbonyl (C=O) groups excluding carboxylic acids is 1. The van der Waals surface area contributed by atoms with Gasteiger partial charge in [0.05, 0.1) is 16.1 Å². The largest absolute Gasteiger partial charge is 0.459 e. The van der Waals surface area contributed by atoms with Gasteiger partial charge in [-0.25, -0.2) is 8.78 Å². The Morgan fingerprint density at radius 1 is 1.11 bits per heavy atom. The minimum Gasteiger partial charge on any atom is -0.459 e. The van der Waals surface area contributed by atoms with Gasteiger partial charge in [-0.05, 0) is 61.9 Å². The first-order chi connectivity index (χ1) is 16.1. The number of halogens is 4. The fraction of sp³-hybridized carbons (Fsp3) is 0.481. The summed E-state index contributed by atoms with van der Waals surface area (Å²) < 4.78 is 35.9. The number of nitrogens with one attached hydrogen (secondary N) is 1. The molecule has 0 spiro atoms. The molecule has 0 aliphatic carbocycles. The fourth-order valence-corrected chi connectivity index (χ4v) is 5.16. The van der Waals surface area contributed by atoms with Crippen molar-refractivity contribution in [2.24, 2.45) is 5.41 Å². The van der Waals surface area contributed by atoms with Crippen LogP contribution in [0.1, 0.15) is 65.0 Å². The Morgan fingerprint density at radius 3 is 2.31 bits per heavy atom. The smallest absolute Gasteiger partial charge is 0.324 e. The molecule has 0 radical (unpaired) electrons. The lowest BCUT2D eigenvalue weighted by molar-refractivity contribution is -0.157. The Hall–Kier alpha value is -2.20. The van der Waals surface area contributed by atoms with Crippen molar-refractivity contribution in [1.29, 1.82) is 5.26 Å². The zero-order valence-corrected chi connectivity index (χ0v) is 22.2. The van der Waals surface area contributed by atoms with E-state index in [1.54, 1.807) is 32.9 Å². The Bertz CT molecular complexity index is 1170. The zero-order chi connectivity index (χ0) is 26.3. The highest BCUT2D eigenvalue weighted by molar-refractivity contribution is 6.31. The number of rotatable bonds is 4. The van der Waals surface area contributed by atoms with Crippen molar-refractivity contribution in [2.75, 3.05) is 0 Å². The summed E-state index contributed by atoms with van der Waals surface area (Å²) in [6, 6.07) is 9.21. The minimum absolute atomic E-state index is 0.0779. The van der Waals surface area contributed by atoms with Gasteiger partial charge < -0.3 is 4.74 Å². The lowest BCUT2D eigenvalue weighted by Crippen LogP contribution is -2.44. The molecule has 188 valence electrons. The third-order valence-corrected chi connectivity index (χ3v) is 6.73. The highest BCUT2D eigenvalue weighted by Gasteiger charge is 2.61. The van der Waals surface area contributed by atoms with Gasteiger partial charge in [0.15, 0.2) is 0 Å². The van der Waals surface area contributed by atoms with Crippen molar-refractivity contribution in [3.05, 3.63) is 69.2 Å². The summed E-state index contributed by atoms with van der Waals surface area (Å²) in [6.07, 6.45) is 0.433. The maximum Gasteiger partial charge on any atom is 0.324 e. The molecule has 35 heavy (non-hydrogen) atoms. The minimum atomic E-state index is -1.54. The third-order valence-electron chi connectivity index (χ3n) is 6.13. The molecule has 2 aromatic rings. The molecule has 1 heterocycles. The molecular weight excluding hydrogens is 493 g/mol. The topological polar surface area (TPSA) is 62.1 Å². The second-order valence-corrected chi connectivity index (χ2v) is 12.0. The number of nitrogens with zero attached hydrogens (tertiary/aromatic N) is 1. The van der Waals surface area contributed by atoms with Crippen LogP contribution in [0.3, 0.4) is 0 Å². The van der Waals surface area contributed by atoms with E-state index in [4.69, 9.17) is 27.9 Å². The van der Waals surface area contributed by atoms with E-state index in [-0.39, 0.29) is 21.0 Å². The molecule has 3 rings (SSSR count). The quantitative estimate of drug-likeness (QED) is 0.442. The molecule has 4 atom stereocenters. The van der Waals surface area contributed by atoms with Gasteiger partial charge in [0, 0.05) is 12.0 Å². The van der Waals surface area contributed by atoms with Gasteiger partial charge in [-0.1, -0.05) is 62.2 Å². The zero-order valence-electron chi connectivity index (χ0n) is 20.7. The number of hydrogen-bond acceptors (Lipinski definition) is 4. The molecule has 0 aromatic heterocycles. The van der Waals surface area contributed by atoms with Crippen molar-refractivity contribution in [1.82, 2.24) is 5.32 Å². The van der Waals surface area contributed by atoms with Gasteiger partial charge in [-0.3, -0.25) is 10.1 Å². The number of carbonyl (C=O) groups is 1. The highest BCUT2D eigenvalue weighted by Crippen LogP contribution is 2.52. The molecule has 1 N–H and O–H groups in total. The SMILES string of the molecule is CC(C)(C)C[C@@H]1N[C@H](C(=O)OC(C)(C)C)[C@H](c2cccc(Cl)c2F)[C@@]1(C#N)c1ccc(Cl)c(F)c1. The normalized spacial score (nSPS) is 24.8. The molecule has 0 unspecified atom stereocenters. The van der Waals surface area contributed by atoms with E-state index in [0.717, 1.165) is 0 Å². The number of hydrogen-bond donors (Lipinski definition) is 1. The molecule has 0 saturated carbocycles. The van der Waals surface area contributed by atoms with E-state index >= 15 is 4.39 Å². The Kier molecular flexibility index (Phi) is 7.58. The molecule has 1 saturated heterocycles. The summed E-state index contributed by atoms with van der Waals surface area (Å²) in [5.74, 6) is -3.14. The second-order valence-electron chi connectivity index (χ2n) is 11.2. The molecule has 1 aliphatic rings. The summed E-state index contributed by atoms with van der Waals surface area (Å²) in [6.45, 7) is 11.2. The van der Waals surface area contributed by atoms with E-state index in [1.165, 1.54) is 24.3 Å². The Labute approximate surface area is 215 Å². The van der Waals surface area contributed by atoms with E-state index in [1.807, 2.05) is 20.8 Å². The summed E-state index contributed by atoms with van der Waals surface area (Å²) in [4.78, 5) is 13.5. The summed E-state index contributed by atoms with van der Waals surface area (Å²) in [7, 11) is 0. The molecule has 1 fully saturated rings. The molecule has 4 nitrogen and oxygen atoms in total. The first-order valence-electron chi connectivity index (χ1n) is 11.4. The molecule has 2 aromatic carbocycles. The monoisotopic (exact) mass is 522 g/mol. The van der Waals surface area contributed by atoms with Crippen molar-refractivity contribution in [2.45, 2.75) is 77.0 Å². The van der Waals surface area contributed by atoms with Crippen LogP contribution in [0.25, 0.3) is 0 Å². The van der Waals surface area contributed by atoms with Crippen LogP contribution in [-0.2, 0) is 14.9 Å². The van der Waals surface area contributed by atoms with Crippen LogP contribution < -0.4 is 5.32 Å². The lowest BCUT2D eigenvalue weighted by Gasteiger charge is -2.37. The van der Waals surface area contributed by atoms with Gasteiger partial charge in [-0.15, -0.1) is 0 Å². The Balaban J connectivity index is 2.35. The Morgan fingerprint density at radius 2 is 1.77 bits per heavy atom. The number of ether oxygens (including phenoxy) is 1. The number of nitriles is 1. The standard InChI is InChI=1S/C27H30Cl2F2N2O2/c1-25(2,3)13-20-27(14-32,15-10-11-17(28)19(30)12-15)21(16-8-7-9-18(29)22(16)31)23(33-20)24(34)35-26(4,5)6/h7-12,20-21,23,33H,13H2,1-6H3/t20-,21-,23-,27-/m0/s1. The van der Waals surface area contributed by atoms with Crippen LogP contribution in [0.15, 0.2) is 36.4 Å². The van der Waals surface area contributed by atoms with E-state index in [0.29, 0.717) is 12.0 Å². The average molecular weight is 523 g/mol. The van der Waals surface area contributed by atoms with Gasteiger partial charge in [0.2, 0.25) is 0 Å². The lowest BCUT2D eigenvalue weighted by atomic mass is 9.63. The van der Waals surface area contributed by atoms with Gasteiger partial charge in [0.1, 0.15) is 28.7 Å². The maximum atomic E-state index is 15.5. The van der Waals surface area contributed by atoms with E-state index < -0.39 is 46.6 Å². The van der Waals surface area contributed by atoms with Crippen molar-refractivity contribution in [3.63, 3.8) is 0 Å². The predicted octanol–water partition coefficient (Wildman–Crippen LogP) is 6.94. The van der Waals surface area contributed by atoms with Crippen molar-refractivity contribution < 1.29 is 18.3 Å². The summed E-state index contributed by atoms with van der Waals surface area (Å²) >= 11 is 12.1. The predicted molar refractivity (Wildman–Crippen MR) is 133 cm³/mol. The molecule has 8 heteroatoms. The molecule has 0 amide bonds.